The Morgan fingerprint density at radius 2 is 1.95 bits per heavy atom. The molecule has 0 atom stereocenters. The first kappa shape index (κ1) is 28.5. The number of carbonyl (C=O) groups excluding carboxylic acids is 1. The topological polar surface area (TPSA) is 136 Å². The molecule has 3 aromatic heterocycles. The molecule has 0 saturated heterocycles. The predicted octanol–water partition coefficient (Wildman–Crippen LogP) is 5.41. The van der Waals surface area contributed by atoms with Gasteiger partial charge in [0.1, 0.15) is 27.3 Å². The fourth-order valence-electron chi connectivity index (χ4n) is 4.52. The second-order valence-electron chi connectivity index (χ2n) is 9.43. The molecule has 3 heterocycles. The summed E-state index contributed by atoms with van der Waals surface area (Å²) in [6.45, 7) is 2.56. The Labute approximate surface area is 247 Å². The van der Waals surface area contributed by atoms with Crippen molar-refractivity contribution < 1.29 is 17.9 Å². The van der Waals surface area contributed by atoms with Crippen LogP contribution in [0.1, 0.15) is 28.0 Å². The largest absolute Gasteiger partial charge is 0.437 e. The molecule has 0 unspecified atom stereocenters. The normalized spacial score (nSPS) is 11.3. The van der Waals surface area contributed by atoms with E-state index in [-0.39, 0.29) is 28.8 Å². The molecule has 0 amide bonds. The number of pyridine rings is 1. The minimum atomic E-state index is -2.40. The van der Waals surface area contributed by atoms with Crippen molar-refractivity contribution in [3.63, 3.8) is 0 Å². The van der Waals surface area contributed by atoms with Crippen molar-refractivity contribution in [3.05, 3.63) is 87.8 Å². The van der Waals surface area contributed by atoms with Crippen LogP contribution in [0.4, 0.5) is 11.5 Å². The molecule has 5 rings (SSSR count). The van der Waals surface area contributed by atoms with Crippen molar-refractivity contribution in [1.29, 1.82) is 0 Å². The number of nitrogens with two attached hydrogens (primary N) is 1. The lowest BCUT2D eigenvalue weighted by atomic mass is 10.1. The van der Waals surface area contributed by atoms with Crippen molar-refractivity contribution in [2.45, 2.75) is 13.3 Å². The quantitative estimate of drug-likeness (QED) is 0.141. The number of carbonyl (C=O) groups is 1. The minimum Gasteiger partial charge on any atom is -0.437 e. The lowest BCUT2D eigenvalue weighted by Gasteiger charge is -2.21. The van der Waals surface area contributed by atoms with E-state index in [0.29, 0.717) is 40.1 Å². The average Bonchev–Trinajstić information content (AvgIpc) is 3.52. The Balaban J connectivity index is 1.38. The molecule has 41 heavy (non-hydrogen) atoms. The van der Waals surface area contributed by atoms with Crippen LogP contribution in [-0.2, 0) is 10.7 Å². The Morgan fingerprint density at radius 1 is 1.15 bits per heavy atom. The first-order chi connectivity index (χ1) is 19.6. The summed E-state index contributed by atoms with van der Waals surface area (Å²) in [4.78, 5) is 22.8. The lowest BCUT2D eigenvalue weighted by Crippen LogP contribution is -2.20. The summed E-state index contributed by atoms with van der Waals surface area (Å²) in [5.41, 5.74) is 10.1. The zero-order valence-electron chi connectivity index (χ0n) is 22.1. The Hall–Kier alpha value is -4.06. The first-order valence-corrected chi connectivity index (χ1v) is 14.7. The van der Waals surface area contributed by atoms with Crippen molar-refractivity contribution in [2.75, 3.05) is 30.0 Å². The van der Waals surface area contributed by atoms with E-state index in [0.717, 1.165) is 22.2 Å². The molecular formula is C28H26Cl2N6O4S. The smallest absolute Gasteiger partial charge is 0.238 e. The number of aromatic nitrogens is 4. The zero-order chi connectivity index (χ0) is 29.3. The van der Waals surface area contributed by atoms with Gasteiger partial charge in [0.05, 0.1) is 28.2 Å². The van der Waals surface area contributed by atoms with Crippen LogP contribution in [0.15, 0.2) is 60.9 Å². The summed E-state index contributed by atoms with van der Waals surface area (Å²) < 4.78 is 28.9. The highest BCUT2D eigenvalue weighted by molar-refractivity contribution is 7.72. The van der Waals surface area contributed by atoms with Crippen LogP contribution in [0.25, 0.3) is 16.6 Å². The molecule has 13 heteroatoms. The molecular weight excluding hydrogens is 587 g/mol. The highest BCUT2D eigenvalue weighted by atomic mass is 35.5. The van der Waals surface area contributed by atoms with Gasteiger partial charge in [0.25, 0.3) is 0 Å². The van der Waals surface area contributed by atoms with E-state index in [1.807, 2.05) is 31.0 Å². The van der Waals surface area contributed by atoms with E-state index in [9.17, 15) is 13.2 Å². The zero-order valence-corrected chi connectivity index (χ0v) is 24.5. The maximum atomic E-state index is 13.5. The number of thiol groups is 1. The average molecular weight is 614 g/mol. The number of ether oxygens (including phenoxy) is 1. The molecule has 0 saturated carbocycles. The Kier molecular flexibility index (Phi) is 8.20. The van der Waals surface area contributed by atoms with Crippen molar-refractivity contribution in [1.82, 2.24) is 19.7 Å². The number of benzene rings is 2. The number of hydrogen-bond donors (Lipinski definition) is 3. The van der Waals surface area contributed by atoms with Gasteiger partial charge in [-0.05, 0) is 61.4 Å². The molecule has 0 aliphatic rings. The van der Waals surface area contributed by atoms with Crippen molar-refractivity contribution in [2.24, 2.45) is 0 Å². The summed E-state index contributed by atoms with van der Waals surface area (Å²) in [5, 5.41) is 5.83. The molecule has 0 fully saturated rings. The summed E-state index contributed by atoms with van der Waals surface area (Å²) >= 11 is 12.6. The molecule has 0 spiro atoms. The van der Waals surface area contributed by atoms with Crippen LogP contribution in [0.3, 0.4) is 0 Å². The predicted molar refractivity (Wildman–Crippen MR) is 162 cm³/mol. The third kappa shape index (κ3) is 6.02. The van der Waals surface area contributed by atoms with Crippen LogP contribution in [0, 0.1) is 6.92 Å². The minimum absolute atomic E-state index is 0.130. The highest BCUT2D eigenvalue weighted by Crippen LogP contribution is 2.33. The van der Waals surface area contributed by atoms with Crippen LogP contribution in [-0.4, -0.2) is 53.3 Å². The summed E-state index contributed by atoms with van der Waals surface area (Å²) in [7, 11) is -0.489. The van der Waals surface area contributed by atoms with Gasteiger partial charge in [0.15, 0.2) is 0 Å². The van der Waals surface area contributed by atoms with E-state index < -0.39 is 10.7 Å². The van der Waals surface area contributed by atoms with E-state index in [2.05, 4.69) is 15.1 Å². The van der Waals surface area contributed by atoms with E-state index >= 15 is 0 Å². The van der Waals surface area contributed by atoms with Gasteiger partial charge in [-0.2, -0.15) is 5.10 Å². The second-order valence-corrected chi connectivity index (χ2v) is 11.4. The van der Waals surface area contributed by atoms with Crippen LogP contribution in [0.5, 0.6) is 11.6 Å². The number of aromatic amines is 1. The number of fused-ring (bicyclic) bond motifs is 1. The number of ketones is 1. The Morgan fingerprint density at radius 3 is 2.68 bits per heavy atom. The van der Waals surface area contributed by atoms with Gasteiger partial charge in [-0.25, -0.2) is 18.1 Å². The van der Waals surface area contributed by atoms with Gasteiger partial charge in [0, 0.05) is 48.2 Å². The SMILES string of the molecule is Cc1cc2cc(C(=O)c3cnn(-c4ccc(Oc5ncccc5Cl)cc4Cl)c3N)[nH]c2cc1N(C)CCC[SH](=O)=O. The van der Waals surface area contributed by atoms with Gasteiger partial charge in [-0.15, -0.1) is 0 Å². The number of H-pyrrole nitrogens is 1. The maximum Gasteiger partial charge on any atom is 0.238 e. The fraction of sp³-hybridized carbons (Fsp3) is 0.179. The number of anilines is 2. The maximum absolute atomic E-state index is 13.5. The van der Waals surface area contributed by atoms with E-state index in [4.69, 9.17) is 33.7 Å². The van der Waals surface area contributed by atoms with Gasteiger partial charge in [0.2, 0.25) is 11.7 Å². The monoisotopic (exact) mass is 612 g/mol. The van der Waals surface area contributed by atoms with Crippen molar-refractivity contribution in [3.8, 4) is 17.3 Å². The summed E-state index contributed by atoms with van der Waals surface area (Å²) in [5.74, 6) is 0.609. The number of hydrogen-bond acceptors (Lipinski definition) is 8. The molecule has 0 bridgehead atoms. The number of nitrogen functional groups attached to an aromatic ring is 1. The van der Waals surface area contributed by atoms with Gasteiger partial charge in [-0.1, -0.05) is 23.2 Å². The van der Waals surface area contributed by atoms with E-state index in [1.54, 1.807) is 42.6 Å². The van der Waals surface area contributed by atoms with E-state index in [1.165, 1.54) is 10.9 Å². The molecule has 0 aliphatic carbocycles. The third-order valence-electron chi connectivity index (χ3n) is 6.57. The number of halogens is 2. The number of rotatable bonds is 10. The lowest BCUT2D eigenvalue weighted by molar-refractivity contribution is 0.103. The molecule has 0 radical (unpaired) electrons. The first-order valence-electron chi connectivity index (χ1n) is 12.5. The van der Waals surface area contributed by atoms with Gasteiger partial charge in [-0.3, -0.25) is 4.79 Å². The molecule has 3 N–H and O–H groups in total. The second kappa shape index (κ2) is 11.8. The molecule has 2 aromatic carbocycles. The third-order valence-corrected chi connectivity index (χ3v) is 7.84. The molecule has 0 aliphatic heterocycles. The van der Waals surface area contributed by atoms with Gasteiger partial charge >= 0.3 is 0 Å². The van der Waals surface area contributed by atoms with Crippen molar-refractivity contribution >= 4 is 62.1 Å². The molecule has 10 nitrogen and oxygen atoms in total. The molecule has 5 aromatic rings. The molecule has 212 valence electrons. The van der Waals surface area contributed by atoms with Crippen LogP contribution in [0.2, 0.25) is 10.0 Å². The number of nitrogens with zero attached hydrogens (tertiary/aromatic N) is 4. The Bertz CT molecular complexity index is 1840. The summed E-state index contributed by atoms with van der Waals surface area (Å²) in [6, 6.07) is 14.0. The standard InChI is InChI=1S/C28H26Cl2N6O4S/c1-16-11-17-12-23(34-22(17)14-25(16)35(2)9-4-10-41(38)39)26(37)19-15-33-36(27(19)31)24-7-6-18(13-21(24)30)40-28-20(29)5-3-8-32-28/h3,5-8,11-15,34,41H,4,9-10,31H2,1-2H3. The van der Waals surface area contributed by atoms with Crippen LogP contribution < -0.4 is 15.4 Å². The highest BCUT2D eigenvalue weighted by Gasteiger charge is 2.21. The fourth-order valence-corrected chi connectivity index (χ4v) is 5.34. The van der Waals surface area contributed by atoms with Gasteiger partial charge < -0.3 is 20.4 Å². The number of aryl methyl sites for hydroxylation is 1. The summed E-state index contributed by atoms with van der Waals surface area (Å²) in [6.07, 6.45) is 3.50. The van der Waals surface area contributed by atoms with Crippen LogP contribution >= 0.6 is 23.2 Å². The number of nitrogens with one attached hydrogen (secondary N) is 1.